The molecule has 4 heterocycles. The number of rotatable bonds is 6. The topological polar surface area (TPSA) is 150 Å². The predicted molar refractivity (Wildman–Crippen MR) is 118 cm³/mol. The van der Waals surface area contributed by atoms with Gasteiger partial charge in [0.2, 0.25) is 5.88 Å². The van der Waals surface area contributed by atoms with Gasteiger partial charge in [-0.1, -0.05) is 12.1 Å². The number of aromatic nitrogens is 7. The molecule has 0 saturated heterocycles. The summed E-state index contributed by atoms with van der Waals surface area (Å²) in [6.07, 6.45) is 3.68. The molecule has 32 heavy (non-hydrogen) atoms. The number of H-pyrrole nitrogens is 1. The number of nitrogens with zero attached hydrogens (tertiary/aromatic N) is 6. The van der Waals surface area contributed by atoms with E-state index in [1.807, 2.05) is 30.5 Å². The lowest BCUT2D eigenvalue weighted by molar-refractivity contribution is 0.0945. The Balaban J connectivity index is 1.35. The van der Waals surface area contributed by atoms with Gasteiger partial charge >= 0.3 is 0 Å². The highest BCUT2D eigenvalue weighted by Gasteiger charge is 2.13. The molecule has 0 unspecified atom stereocenters. The maximum Gasteiger partial charge on any atom is 0.271 e. The Morgan fingerprint density at radius 1 is 1.19 bits per heavy atom. The lowest BCUT2D eigenvalue weighted by Crippen LogP contribution is -2.28. The van der Waals surface area contributed by atoms with Crippen LogP contribution in [0.2, 0.25) is 0 Å². The smallest absolute Gasteiger partial charge is 0.271 e. The van der Waals surface area contributed by atoms with Crippen molar-refractivity contribution in [1.82, 2.24) is 40.5 Å². The van der Waals surface area contributed by atoms with E-state index in [1.165, 1.54) is 7.11 Å². The van der Waals surface area contributed by atoms with Crippen molar-refractivity contribution in [2.75, 3.05) is 19.4 Å². The Morgan fingerprint density at radius 2 is 2.09 bits per heavy atom. The number of nitrogens with one attached hydrogen (secondary N) is 2. The average Bonchev–Trinajstić information content (AvgIpc) is 3.50. The number of benzene rings is 1. The maximum atomic E-state index is 12.2. The Kier molecular flexibility index (Phi) is 4.82. The summed E-state index contributed by atoms with van der Waals surface area (Å²) in [5.41, 5.74) is 9.56. The highest BCUT2D eigenvalue weighted by molar-refractivity contribution is 6.08. The SMILES string of the molecule is COc1ccc(C(=O)NCCn2cc3c(n2)c(N)nc2cc(-c4cc[nH]n4)ccc23)nn1. The van der Waals surface area contributed by atoms with Gasteiger partial charge < -0.3 is 15.8 Å². The standard InChI is InChI=1S/C21H19N9O2/c1-32-18-5-4-16(27-28-18)21(31)23-8-9-30-11-14-13-3-2-12(15-6-7-24-26-15)10-17(13)25-20(22)19(14)29-30/h2-7,10-11H,8-9H2,1H3,(H2,22,25)(H,23,31)(H,24,26). The lowest BCUT2D eigenvalue weighted by Gasteiger charge is -2.05. The summed E-state index contributed by atoms with van der Waals surface area (Å²) < 4.78 is 6.69. The minimum Gasteiger partial charge on any atom is -0.480 e. The summed E-state index contributed by atoms with van der Waals surface area (Å²) in [6.45, 7) is 0.811. The van der Waals surface area contributed by atoms with E-state index in [-0.39, 0.29) is 11.6 Å². The molecule has 160 valence electrons. The third-order valence-corrected chi connectivity index (χ3v) is 5.04. The number of nitrogens with two attached hydrogens (primary N) is 1. The minimum absolute atomic E-state index is 0.212. The molecule has 0 bridgehead atoms. The fourth-order valence-electron chi connectivity index (χ4n) is 3.46. The van der Waals surface area contributed by atoms with Crippen molar-refractivity contribution in [2.24, 2.45) is 0 Å². The number of carbonyl (C=O) groups excluding carboxylic acids is 1. The minimum atomic E-state index is -0.325. The van der Waals surface area contributed by atoms with Crippen LogP contribution >= 0.6 is 0 Å². The normalized spacial score (nSPS) is 11.2. The van der Waals surface area contributed by atoms with Crippen molar-refractivity contribution >= 4 is 33.5 Å². The number of fused-ring (bicyclic) bond motifs is 3. The molecule has 1 amide bonds. The molecule has 11 heteroatoms. The average molecular weight is 429 g/mol. The number of ether oxygens (including phenoxy) is 1. The van der Waals surface area contributed by atoms with Crippen LogP contribution in [0.3, 0.4) is 0 Å². The summed E-state index contributed by atoms with van der Waals surface area (Å²) in [4.78, 5) is 16.8. The molecular weight excluding hydrogens is 410 g/mol. The van der Waals surface area contributed by atoms with Crippen molar-refractivity contribution in [3.05, 3.63) is 54.5 Å². The van der Waals surface area contributed by atoms with Gasteiger partial charge in [0.05, 0.1) is 24.9 Å². The molecule has 0 spiro atoms. The van der Waals surface area contributed by atoms with Crippen LogP contribution in [0.4, 0.5) is 5.82 Å². The first kappa shape index (κ1) is 19.4. The second-order valence-electron chi connectivity index (χ2n) is 7.06. The third kappa shape index (κ3) is 3.55. The van der Waals surface area contributed by atoms with Crippen LogP contribution in [0.5, 0.6) is 5.88 Å². The molecule has 0 aliphatic carbocycles. The van der Waals surface area contributed by atoms with Gasteiger partial charge in [0.1, 0.15) is 5.52 Å². The van der Waals surface area contributed by atoms with E-state index in [1.54, 1.807) is 23.0 Å². The first-order chi connectivity index (χ1) is 15.6. The van der Waals surface area contributed by atoms with Gasteiger partial charge in [-0.3, -0.25) is 14.6 Å². The van der Waals surface area contributed by atoms with Gasteiger partial charge in [-0.15, -0.1) is 10.2 Å². The number of methoxy groups -OCH3 is 1. The van der Waals surface area contributed by atoms with E-state index >= 15 is 0 Å². The zero-order valence-electron chi connectivity index (χ0n) is 17.1. The Hall–Kier alpha value is -4.54. The van der Waals surface area contributed by atoms with Crippen molar-refractivity contribution in [2.45, 2.75) is 6.54 Å². The van der Waals surface area contributed by atoms with Gasteiger partial charge in [0.25, 0.3) is 5.91 Å². The van der Waals surface area contributed by atoms with Crippen LogP contribution in [-0.2, 0) is 6.54 Å². The van der Waals surface area contributed by atoms with Crippen LogP contribution < -0.4 is 15.8 Å². The van der Waals surface area contributed by atoms with Crippen LogP contribution in [-0.4, -0.2) is 54.7 Å². The zero-order chi connectivity index (χ0) is 22.1. The number of amides is 1. The van der Waals surface area contributed by atoms with Crippen LogP contribution in [0.15, 0.2) is 48.8 Å². The lowest BCUT2D eigenvalue weighted by atomic mass is 10.1. The second-order valence-corrected chi connectivity index (χ2v) is 7.06. The van der Waals surface area contributed by atoms with E-state index < -0.39 is 0 Å². The molecule has 11 nitrogen and oxygen atoms in total. The Bertz CT molecular complexity index is 1410. The number of carbonyl (C=O) groups is 1. The Morgan fingerprint density at radius 3 is 2.84 bits per heavy atom. The van der Waals surface area contributed by atoms with Crippen molar-refractivity contribution in [1.29, 1.82) is 0 Å². The fraction of sp³-hybridized carbons (Fsp3) is 0.143. The van der Waals surface area contributed by atoms with Crippen molar-refractivity contribution in [3.63, 3.8) is 0 Å². The quantitative estimate of drug-likeness (QED) is 0.370. The molecule has 4 N–H and O–H groups in total. The first-order valence-electron chi connectivity index (χ1n) is 9.85. The molecule has 0 aliphatic heterocycles. The van der Waals surface area contributed by atoms with Gasteiger partial charge in [0, 0.05) is 41.3 Å². The second kappa shape index (κ2) is 7.95. The van der Waals surface area contributed by atoms with Gasteiger partial charge in [-0.2, -0.15) is 10.2 Å². The molecule has 0 radical (unpaired) electrons. The number of aromatic amines is 1. The maximum absolute atomic E-state index is 12.2. The van der Waals surface area contributed by atoms with E-state index in [2.05, 4.69) is 35.8 Å². The monoisotopic (exact) mass is 429 g/mol. The van der Waals surface area contributed by atoms with Gasteiger partial charge in [-0.25, -0.2) is 4.98 Å². The number of anilines is 1. The molecule has 1 aromatic carbocycles. The van der Waals surface area contributed by atoms with Gasteiger partial charge in [-0.05, 0) is 18.2 Å². The summed E-state index contributed by atoms with van der Waals surface area (Å²) in [5.74, 6) is 0.372. The van der Waals surface area contributed by atoms with Crippen molar-refractivity contribution in [3.8, 4) is 17.1 Å². The van der Waals surface area contributed by atoms with Crippen LogP contribution in [0.1, 0.15) is 10.5 Å². The number of nitrogen functional groups attached to an aromatic ring is 1. The number of hydrogen-bond donors (Lipinski definition) is 3. The largest absolute Gasteiger partial charge is 0.480 e. The molecule has 0 aliphatic rings. The summed E-state index contributed by atoms with van der Waals surface area (Å²) in [6, 6.07) is 11.0. The summed E-state index contributed by atoms with van der Waals surface area (Å²) in [7, 11) is 1.49. The molecule has 0 atom stereocenters. The first-order valence-corrected chi connectivity index (χ1v) is 9.85. The number of pyridine rings is 1. The Labute approximate surface area is 181 Å². The van der Waals surface area contributed by atoms with E-state index in [4.69, 9.17) is 10.5 Å². The fourth-order valence-corrected chi connectivity index (χ4v) is 3.46. The number of hydrogen-bond acceptors (Lipinski definition) is 8. The van der Waals surface area contributed by atoms with Gasteiger partial charge in [0.15, 0.2) is 11.5 Å². The van der Waals surface area contributed by atoms with E-state index in [9.17, 15) is 4.79 Å². The summed E-state index contributed by atoms with van der Waals surface area (Å²) in [5, 5.41) is 23.8. The van der Waals surface area contributed by atoms with Crippen LogP contribution in [0, 0.1) is 0 Å². The zero-order valence-corrected chi connectivity index (χ0v) is 17.1. The molecule has 0 fully saturated rings. The molecule has 5 rings (SSSR count). The van der Waals surface area contributed by atoms with E-state index in [0.717, 1.165) is 27.5 Å². The third-order valence-electron chi connectivity index (χ3n) is 5.04. The molecule has 0 saturated carbocycles. The van der Waals surface area contributed by atoms with E-state index in [0.29, 0.717) is 30.3 Å². The predicted octanol–water partition coefficient (Wildman–Crippen LogP) is 1.79. The molecule has 4 aromatic heterocycles. The molecule has 5 aromatic rings. The highest BCUT2D eigenvalue weighted by atomic mass is 16.5. The van der Waals surface area contributed by atoms with Crippen LogP contribution in [0.25, 0.3) is 33.1 Å². The molecular formula is C21H19N9O2. The van der Waals surface area contributed by atoms with Crippen molar-refractivity contribution < 1.29 is 9.53 Å². The highest BCUT2D eigenvalue weighted by Crippen LogP contribution is 2.29. The summed E-state index contributed by atoms with van der Waals surface area (Å²) >= 11 is 0.